The quantitative estimate of drug-likeness (QED) is 0.420. The number of aromatic nitrogens is 1. The highest BCUT2D eigenvalue weighted by Crippen LogP contribution is 2.24. The molecule has 1 aromatic heterocycles. The fraction of sp³-hybridized carbons (Fsp3) is 0.167. The van der Waals surface area contributed by atoms with Gasteiger partial charge in [0.25, 0.3) is 11.6 Å². The summed E-state index contributed by atoms with van der Waals surface area (Å²) in [7, 11) is 0. The first-order chi connectivity index (χ1) is 10.1. The molecule has 0 unspecified atom stereocenters. The standard InChI is InChI=1S/C12H13N5O3S/c13-16-9-7-8(1-2-10(9)17(19)20)12(18)15-4-3-11-14-5-6-21-11/h1-2,5-7,16H,3-4,13H2,(H,15,18). The third kappa shape index (κ3) is 3.74. The molecule has 1 heterocycles. The summed E-state index contributed by atoms with van der Waals surface area (Å²) in [6, 6.07) is 3.97. The van der Waals surface area contributed by atoms with Gasteiger partial charge in [-0.05, 0) is 12.1 Å². The third-order valence-electron chi connectivity index (χ3n) is 2.72. The Balaban J connectivity index is 2.00. The van der Waals surface area contributed by atoms with E-state index in [9.17, 15) is 14.9 Å². The number of nitrogens with two attached hydrogens (primary N) is 1. The van der Waals surface area contributed by atoms with E-state index >= 15 is 0 Å². The van der Waals surface area contributed by atoms with Crippen molar-refractivity contribution in [2.45, 2.75) is 6.42 Å². The van der Waals surface area contributed by atoms with Crippen LogP contribution in [-0.2, 0) is 6.42 Å². The van der Waals surface area contributed by atoms with E-state index in [4.69, 9.17) is 5.84 Å². The van der Waals surface area contributed by atoms with Crippen molar-refractivity contribution in [3.05, 3.63) is 50.5 Å². The van der Waals surface area contributed by atoms with E-state index in [0.29, 0.717) is 18.5 Å². The van der Waals surface area contributed by atoms with Crippen molar-refractivity contribution >= 4 is 28.6 Å². The molecule has 1 aromatic carbocycles. The minimum atomic E-state index is -0.570. The molecule has 2 aromatic rings. The highest BCUT2D eigenvalue weighted by molar-refractivity contribution is 7.09. The summed E-state index contributed by atoms with van der Waals surface area (Å²) in [5.41, 5.74) is 2.43. The Bertz CT molecular complexity index is 644. The summed E-state index contributed by atoms with van der Waals surface area (Å²) in [5, 5.41) is 16.3. The van der Waals surface area contributed by atoms with Crippen LogP contribution < -0.4 is 16.6 Å². The average Bonchev–Trinajstić information content (AvgIpc) is 2.99. The minimum Gasteiger partial charge on any atom is -0.352 e. The number of nitro groups is 1. The lowest BCUT2D eigenvalue weighted by Gasteiger charge is -2.06. The van der Waals surface area contributed by atoms with Crippen LogP contribution in [-0.4, -0.2) is 22.4 Å². The number of hydrogen-bond donors (Lipinski definition) is 3. The van der Waals surface area contributed by atoms with Gasteiger partial charge in [0.2, 0.25) is 0 Å². The first-order valence-corrected chi connectivity index (χ1v) is 6.91. The maximum Gasteiger partial charge on any atom is 0.293 e. The molecule has 4 N–H and O–H groups in total. The molecule has 0 aliphatic rings. The molecule has 9 heteroatoms. The van der Waals surface area contributed by atoms with E-state index in [1.165, 1.54) is 29.5 Å². The number of nitrogens with zero attached hydrogens (tertiary/aromatic N) is 2. The molecule has 110 valence electrons. The van der Waals surface area contributed by atoms with Crippen molar-refractivity contribution in [3.63, 3.8) is 0 Å². The Labute approximate surface area is 124 Å². The van der Waals surface area contributed by atoms with Gasteiger partial charge in [-0.3, -0.25) is 20.8 Å². The van der Waals surface area contributed by atoms with Gasteiger partial charge in [0.05, 0.1) is 9.93 Å². The Hall–Kier alpha value is -2.52. The van der Waals surface area contributed by atoms with Gasteiger partial charge in [-0.15, -0.1) is 11.3 Å². The molecule has 2 rings (SSSR count). The number of carbonyl (C=O) groups is 1. The number of rotatable bonds is 6. The van der Waals surface area contributed by atoms with Crippen LogP contribution in [0, 0.1) is 10.1 Å². The molecule has 0 radical (unpaired) electrons. The van der Waals surface area contributed by atoms with Crippen LogP contribution in [0.3, 0.4) is 0 Å². The highest BCUT2D eigenvalue weighted by atomic mass is 32.1. The molecular formula is C12H13N5O3S. The molecule has 0 aliphatic heterocycles. The summed E-state index contributed by atoms with van der Waals surface area (Å²) in [6.07, 6.45) is 2.34. The number of hydrogen-bond acceptors (Lipinski definition) is 7. The van der Waals surface area contributed by atoms with Crippen molar-refractivity contribution in [1.82, 2.24) is 10.3 Å². The Morgan fingerprint density at radius 2 is 2.29 bits per heavy atom. The zero-order chi connectivity index (χ0) is 15.2. The first kappa shape index (κ1) is 14.9. The summed E-state index contributed by atoms with van der Waals surface area (Å²) in [5.74, 6) is 4.91. The van der Waals surface area contributed by atoms with Crippen LogP contribution in [0.5, 0.6) is 0 Å². The second kappa shape index (κ2) is 6.77. The third-order valence-corrected chi connectivity index (χ3v) is 3.56. The van der Waals surface area contributed by atoms with Gasteiger partial charge < -0.3 is 10.7 Å². The van der Waals surface area contributed by atoms with Crippen molar-refractivity contribution < 1.29 is 9.72 Å². The predicted molar refractivity (Wildman–Crippen MR) is 79.1 cm³/mol. The summed E-state index contributed by atoms with van der Waals surface area (Å²) >= 11 is 1.52. The van der Waals surface area contributed by atoms with Crippen LogP contribution >= 0.6 is 11.3 Å². The molecule has 0 aliphatic carbocycles. The van der Waals surface area contributed by atoms with Gasteiger partial charge in [-0.25, -0.2) is 4.98 Å². The van der Waals surface area contributed by atoms with Crippen LogP contribution in [0.2, 0.25) is 0 Å². The van der Waals surface area contributed by atoms with E-state index in [1.54, 1.807) is 6.20 Å². The number of nitro benzene ring substituents is 1. The lowest BCUT2D eigenvalue weighted by atomic mass is 10.1. The van der Waals surface area contributed by atoms with Crippen molar-refractivity contribution in [2.75, 3.05) is 12.0 Å². The molecule has 0 fully saturated rings. The SMILES string of the molecule is NNc1cc(C(=O)NCCc2nccs2)ccc1[N+](=O)[O-]. The number of nitrogen functional groups attached to an aromatic ring is 1. The van der Waals surface area contributed by atoms with Gasteiger partial charge >= 0.3 is 0 Å². The van der Waals surface area contributed by atoms with Crippen molar-refractivity contribution in [3.8, 4) is 0 Å². The maximum absolute atomic E-state index is 12.0. The Morgan fingerprint density at radius 1 is 1.48 bits per heavy atom. The fourth-order valence-electron chi connectivity index (χ4n) is 1.71. The molecule has 0 bridgehead atoms. The van der Waals surface area contributed by atoms with Crippen LogP contribution in [0.4, 0.5) is 11.4 Å². The van der Waals surface area contributed by atoms with Gasteiger partial charge in [0, 0.05) is 36.2 Å². The second-order valence-electron chi connectivity index (χ2n) is 4.07. The van der Waals surface area contributed by atoms with Gasteiger partial charge in [-0.1, -0.05) is 0 Å². The summed E-state index contributed by atoms with van der Waals surface area (Å²) in [4.78, 5) is 26.3. The zero-order valence-electron chi connectivity index (χ0n) is 10.9. The minimum absolute atomic E-state index is 0.0903. The van der Waals surface area contributed by atoms with Gasteiger partial charge in [0.15, 0.2) is 0 Å². The average molecular weight is 307 g/mol. The molecule has 0 saturated carbocycles. The first-order valence-electron chi connectivity index (χ1n) is 6.03. The van der Waals surface area contributed by atoms with Gasteiger partial charge in [-0.2, -0.15) is 0 Å². The summed E-state index contributed by atoms with van der Waals surface area (Å²) < 4.78 is 0. The lowest BCUT2D eigenvalue weighted by Crippen LogP contribution is -2.26. The molecule has 0 atom stereocenters. The van der Waals surface area contributed by atoms with Crippen LogP contribution in [0.15, 0.2) is 29.8 Å². The molecule has 1 amide bonds. The van der Waals surface area contributed by atoms with E-state index in [1.807, 2.05) is 5.38 Å². The molecule has 8 nitrogen and oxygen atoms in total. The molecule has 0 spiro atoms. The smallest absolute Gasteiger partial charge is 0.293 e. The predicted octanol–water partition coefficient (Wildman–Crippen LogP) is 1.31. The Kier molecular flexibility index (Phi) is 4.80. The fourth-order valence-corrected chi connectivity index (χ4v) is 2.33. The maximum atomic E-state index is 12.0. The molecular weight excluding hydrogens is 294 g/mol. The lowest BCUT2D eigenvalue weighted by molar-refractivity contribution is -0.384. The summed E-state index contributed by atoms with van der Waals surface area (Å²) in [6.45, 7) is 0.439. The number of anilines is 1. The normalized spacial score (nSPS) is 10.1. The van der Waals surface area contributed by atoms with Crippen LogP contribution in [0.1, 0.15) is 15.4 Å². The topological polar surface area (TPSA) is 123 Å². The monoisotopic (exact) mass is 307 g/mol. The largest absolute Gasteiger partial charge is 0.352 e. The van der Waals surface area contributed by atoms with Crippen LogP contribution in [0.25, 0.3) is 0 Å². The van der Waals surface area contributed by atoms with E-state index < -0.39 is 4.92 Å². The number of nitrogens with one attached hydrogen (secondary N) is 2. The zero-order valence-corrected chi connectivity index (χ0v) is 11.7. The van der Waals surface area contributed by atoms with E-state index in [-0.39, 0.29) is 17.3 Å². The van der Waals surface area contributed by atoms with E-state index in [2.05, 4.69) is 15.7 Å². The van der Waals surface area contributed by atoms with Gasteiger partial charge in [0.1, 0.15) is 5.69 Å². The number of benzene rings is 1. The van der Waals surface area contributed by atoms with Crippen molar-refractivity contribution in [1.29, 1.82) is 0 Å². The molecule has 21 heavy (non-hydrogen) atoms. The molecule has 0 saturated heterocycles. The van der Waals surface area contributed by atoms with Crippen molar-refractivity contribution in [2.24, 2.45) is 5.84 Å². The number of thiazole rings is 1. The number of hydrazine groups is 1. The number of amides is 1. The van der Waals surface area contributed by atoms with E-state index in [0.717, 1.165) is 5.01 Å². The second-order valence-corrected chi connectivity index (χ2v) is 5.04. The highest BCUT2D eigenvalue weighted by Gasteiger charge is 2.15. The Morgan fingerprint density at radius 3 is 2.90 bits per heavy atom. The number of carbonyl (C=O) groups excluding carboxylic acids is 1.